The van der Waals surface area contributed by atoms with Gasteiger partial charge in [0.05, 0.1) is 29.5 Å². The number of nitrogens with one attached hydrogen (secondary N) is 1. The smallest absolute Gasteiger partial charge is 0.393 e. The summed E-state index contributed by atoms with van der Waals surface area (Å²) >= 11 is 0. The van der Waals surface area contributed by atoms with Crippen molar-refractivity contribution in [3.8, 4) is 0 Å². The maximum absolute atomic E-state index is 13.1. The largest absolute Gasteiger partial charge is 0.417 e. The molecule has 0 aliphatic heterocycles. The Bertz CT molecular complexity index is 766. The van der Waals surface area contributed by atoms with E-state index in [1.165, 1.54) is 12.1 Å². The van der Waals surface area contributed by atoms with Crippen molar-refractivity contribution < 1.29 is 23.1 Å². The van der Waals surface area contributed by atoms with Gasteiger partial charge in [0.2, 0.25) is 0 Å². The SMILES string of the molecule is Cn1cc([C@@H](NC(=O)c2ccccc2C(F)(F)F)C2CC(O)C2)cn1. The molecule has 25 heavy (non-hydrogen) atoms. The van der Waals surface area contributed by atoms with Gasteiger partial charge in [-0.3, -0.25) is 9.48 Å². The van der Waals surface area contributed by atoms with Crippen LogP contribution in [0.4, 0.5) is 13.2 Å². The van der Waals surface area contributed by atoms with E-state index in [-0.39, 0.29) is 5.92 Å². The number of hydrogen-bond acceptors (Lipinski definition) is 3. The van der Waals surface area contributed by atoms with Crippen LogP contribution >= 0.6 is 0 Å². The van der Waals surface area contributed by atoms with Crippen LogP contribution in [0.3, 0.4) is 0 Å². The van der Waals surface area contributed by atoms with Crippen molar-refractivity contribution in [2.45, 2.75) is 31.2 Å². The summed E-state index contributed by atoms with van der Waals surface area (Å²) in [6.07, 6.45) is -0.786. The van der Waals surface area contributed by atoms with E-state index in [1.807, 2.05) is 0 Å². The summed E-state index contributed by atoms with van der Waals surface area (Å²) in [5.74, 6) is -0.829. The molecule has 1 saturated carbocycles. The van der Waals surface area contributed by atoms with Gasteiger partial charge >= 0.3 is 6.18 Å². The Labute approximate surface area is 142 Å². The first-order valence-corrected chi connectivity index (χ1v) is 7.89. The van der Waals surface area contributed by atoms with Gasteiger partial charge in [-0.1, -0.05) is 12.1 Å². The molecule has 1 aliphatic rings. The van der Waals surface area contributed by atoms with Gasteiger partial charge in [0, 0.05) is 18.8 Å². The predicted octanol–water partition coefficient (Wildman–Crippen LogP) is 2.68. The molecular formula is C17H18F3N3O2. The van der Waals surface area contributed by atoms with Crippen LogP contribution in [0.25, 0.3) is 0 Å². The van der Waals surface area contributed by atoms with Gasteiger partial charge in [0.15, 0.2) is 0 Å². The number of aromatic nitrogens is 2. The summed E-state index contributed by atoms with van der Waals surface area (Å²) in [7, 11) is 1.72. The van der Waals surface area contributed by atoms with Crippen LogP contribution in [0.15, 0.2) is 36.7 Å². The lowest BCUT2D eigenvalue weighted by molar-refractivity contribution is -0.137. The minimum atomic E-state index is -4.61. The molecule has 1 amide bonds. The zero-order valence-electron chi connectivity index (χ0n) is 13.5. The van der Waals surface area contributed by atoms with Crippen LogP contribution < -0.4 is 5.32 Å². The second kappa shape index (κ2) is 6.51. The van der Waals surface area contributed by atoms with Crippen LogP contribution in [0.5, 0.6) is 0 Å². The number of carbonyl (C=O) groups is 1. The summed E-state index contributed by atoms with van der Waals surface area (Å²) in [4.78, 5) is 12.5. The van der Waals surface area contributed by atoms with Gasteiger partial charge in [0.1, 0.15) is 0 Å². The van der Waals surface area contributed by atoms with E-state index < -0.39 is 35.4 Å². The van der Waals surface area contributed by atoms with Crippen LogP contribution in [-0.4, -0.2) is 26.9 Å². The fourth-order valence-corrected chi connectivity index (χ4v) is 3.12. The highest BCUT2D eigenvalue weighted by molar-refractivity contribution is 5.96. The zero-order chi connectivity index (χ0) is 18.2. The number of aliphatic hydroxyl groups excluding tert-OH is 1. The first kappa shape index (κ1) is 17.5. The molecule has 1 aromatic carbocycles. The van der Waals surface area contributed by atoms with Crippen molar-refractivity contribution in [1.82, 2.24) is 15.1 Å². The van der Waals surface area contributed by atoms with E-state index in [1.54, 1.807) is 24.1 Å². The number of halogens is 3. The number of alkyl halides is 3. The molecule has 1 fully saturated rings. The minimum absolute atomic E-state index is 0.0406. The molecule has 3 rings (SSSR count). The molecule has 0 bridgehead atoms. The lowest BCUT2D eigenvalue weighted by atomic mass is 9.75. The molecule has 1 atom stereocenters. The lowest BCUT2D eigenvalue weighted by Crippen LogP contribution is -2.41. The summed E-state index contributed by atoms with van der Waals surface area (Å²) in [5.41, 5.74) is -0.674. The van der Waals surface area contributed by atoms with E-state index in [2.05, 4.69) is 10.4 Å². The highest BCUT2D eigenvalue weighted by Crippen LogP contribution is 2.38. The third-order valence-electron chi connectivity index (χ3n) is 4.47. The van der Waals surface area contributed by atoms with Gasteiger partial charge in [-0.15, -0.1) is 0 Å². The molecule has 0 spiro atoms. The van der Waals surface area contributed by atoms with Gasteiger partial charge in [-0.25, -0.2) is 0 Å². The number of aryl methyl sites for hydroxylation is 1. The fraction of sp³-hybridized carbons (Fsp3) is 0.412. The van der Waals surface area contributed by atoms with Crippen molar-refractivity contribution in [2.24, 2.45) is 13.0 Å². The van der Waals surface area contributed by atoms with Crippen molar-refractivity contribution in [3.63, 3.8) is 0 Å². The molecule has 5 nitrogen and oxygen atoms in total. The number of hydrogen-bond donors (Lipinski definition) is 2. The first-order chi connectivity index (χ1) is 11.8. The molecule has 134 valence electrons. The molecule has 0 saturated heterocycles. The molecule has 2 aromatic rings. The Morgan fingerprint density at radius 1 is 1.36 bits per heavy atom. The second-order valence-electron chi connectivity index (χ2n) is 6.33. The third-order valence-corrected chi connectivity index (χ3v) is 4.47. The van der Waals surface area contributed by atoms with Gasteiger partial charge in [-0.05, 0) is 30.9 Å². The van der Waals surface area contributed by atoms with Crippen molar-refractivity contribution in [1.29, 1.82) is 0 Å². The average molecular weight is 353 g/mol. The lowest BCUT2D eigenvalue weighted by Gasteiger charge is -2.37. The number of carbonyl (C=O) groups excluding carboxylic acids is 1. The van der Waals surface area contributed by atoms with Crippen LogP contribution in [-0.2, 0) is 13.2 Å². The highest BCUT2D eigenvalue weighted by Gasteiger charge is 2.38. The summed E-state index contributed by atoms with van der Waals surface area (Å²) in [5, 5.41) is 16.3. The topological polar surface area (TPSA) is 67.2 Å². The van der Waals surface area contributed by atoms with Crippen molar-refractivity contribution in [3.05, 3.63) is 53.3 Å². The molecule has 1 heterocycles. The molecule has 8 heteroatoms. The summed E-state index contributed by atoms with van der Waals surface area (Å²) in [6, 6.07) is 4.21. The third kappa shape index (κ3) is 3.68. The van der Waals surface area contributed by atoms with Crippen LogP contribution in [0, 0.1) is 5.92 Å². The Morgan fingerprint density at radius 2 is 2.04 bits per heavy atom. The van der Waals surface area contributed by atoms with E-state index >= 15 is 0 Å². The number of amides is 1. The van der Waals surface area contributed by atoms with E-state index in [9.17, 15) is 23.1 Å². The highest BCUT2D eigenvalue weighted by atomic mass is 19.4. The minimum Gasteiger partial charge on any atom is -0.393 e. The molecular weight excluding hydrogens is 335 g/mol. The first-order valence-electron chi connectivity index (χ1n) is 7.89. The number of rotatable bonds is 4. The summed E-state index contributed by atoms with van der Waals surface area (Å²) in [6.45, 7) is 0. The zero-order valence-corrected chi connectivity index (χ0v) is 13.5. The monoisotopic (exact) mass is 353 g/mol. The number of benzene rings is 1. The van der Waals surface area contributed by atoms with E-state index in [4.69, 9.17) is 0 Å². The molecule has 0 radical (unpaired) electrons. The second-order valence-corrected chi connectivity index (χ2v) is 6.33. The standard InChI is InChI=1S/C17H18F3N3O2/c1-23-9-11(8-21-23)15(10-6-12(24)7-10)22-16(25)13-4-2-3-5-14(13)17(18,19)20/h2-5,8-10,12,15,24H,6-7H2,1H3,(H,22,25)/t10?,12?,15-/m0/s1. The van der Waals surface area contributed by atoms with Crippen LogP contribution in [0.1, 0.15) is 40.4 Å². The summed E-state index contributed by atoms with van der Waals surface area (Å²) < 4.78 is 41.0. The molecule has 0 unspecified atom stereocenters. The molecule has 1 aliphatic carbocycles. The Morgan fingerprint density at radius 3 is 2.60 bits per heavy atom. The Balaban J connectivity index is 1.86. The number of nitrogens with zero attached hydrogens (tertiary/aromatic N) is 2. The van der Waals surface area contributed by atoms with Gasteiger partial charge in [-0.2, -0.15) is 18.3 Å². The maximum Gasteiger partial charge on any atom is 0.417 e. The number of aliphatic hydroxyl groups is 1. The van der Waals surface area contributed by atoms with Crippen LogP contribution in [0.2, 0.25) is 0 Å². The quantitative estimate of drug-likeness (QED) is 0.888. The van der Waals surface area contributed by atoms with Gasteiger partial charge in [0.25, 0.3) is 5.91 Å². The van der Waals surface area contributed by atoms with Crippen molar-refractivity contribution >= 4 is 5.91 Å². The maximum atomic E-state index is 13.1. The fourth-order valence-electron chi connectivity index (χ4n) is 3.12. The Hall–Kier alpha value is -2.35. The Kier molecular flexibility index (Phi) is 4.55. The van der Waals surface area contributed by atoms with E-state index in [0.29, 0.717) is 18.4 Å². The normalized spacial score (nSPS) is 21.5. The average Bonchev–Trinajstić information content (AvgIpc) is 2.95. The molecule has 2 N–H and O–H groups in total. The van der Waals surface area contributed by atoms with Crippen molar-refractivity contribution in [2.75, 3.05) is 0 Å². The van der Waals surface area contributed by atoms with Gasteiger partial charge < -0.3 is 10.4 Å². The van der Waals surface area contributed by atoms with E-state index in [0.717, 1.165) is 12.1 Å². The molecule has 1 aromatic heterocycles. The predicted molar refractivity (Wildman–Crippen MR) is 83.6 cm³/mol.